The molecule has 7 nitrogen and oxygen atoms in total. The van der Waals surface area contributed by atoms with E-state index in [9.17, 15) is 9.59 Å². The SMILES string of the molecule is COC(=O)c1ccc(C)c(NC(=O)CN(Cc2ccco2)Cc2ccco2)c1. The summed E-state index contributed by atoms with van der Waals surface area (Å²) in [6.07, 6.45) is 3.20. The van der Waals surface area contributed by atoms with Crippen LogP contribution in [0.4, 0.5) is 5.69 Å². The maximum Gasteiger partial charge on any atom is 0.337 e. The zero-order valence-corrected chi connectivity index (χ0v) is 15.8. The number of hydrogen-bond acceptors (Lipinski definition) is 6. The maximum absolute atomic E-state index is 12.7. The zero-order valence-electron chi connectivity index (χ0n) is 15.8. The van der Waals surface area contributed by atoms with Crippen LogP contribution in [0.25, 0.3) is 0 Å². The third-order valence-corrected chi connectivity index (χ3v) is 4.22. The average Bonchev–Trinajstić information content (AvgIpc) is 3.37. The molecule has 146 valence electrons. The number of carbonyl (C=O) groups is 2. The summed E-state index contributed by atoms with van der Waals surface area (Å²) in [4.78, 5) is 26.3. The van der Waals surface area contributed by atoms with Crippen molar-refractivity contribution in [2.75, 3.05) is 19.0 Å². The van der Waals surface area contributed by atoms with Gasteiger partial charge >= 0.3 is 5.97 Å². The Labute approximate surface area is 162 Å². The van der Waals surface area contributed by atoms with Crippen LogP contribution in [0.2, 0.25) is 0 Å². The van der Waals surface area contributed by atoms with Gasteiger partial charge in [-0.1, -0.05) is 6.07 Å². The predicted molar refractivity (Wildman–Crippen MR) is 103 cm³/mol. The minimum absolute atomic E-state index is 0.128. The fourth-order valence-electron chi connectivity index (χ4n) is 2.81. The molecule has 0 spiro atoms. The van der Waals surface area contributed by atoms with Gasteiger partial charge in [0.2, 0.25) is 5.91 Å². The van der Waals surface area contributed by atoms with E-state index in [-0.39, 0.29) is 12.5 Å². The van der Waals surface area contributed by atoms with Gasteiger partial charge in [-0.15, -0.1) is 0 Å². The molecule has 0 fully saturated rings. The Hall–Kier alpha value is -3.32. The maximum atomic E-state index is 12.7. The van der Waals surface area contributed by atoms with E-state index in [0.29, 0.717) is 24.3 Å². The molecule has 0 bridgehead atoms. The number of benzene rings is 1. The standard InChI is InChI=1S/C21H22N2O5/c1-15-7-8-16(21(25)26-2)11-19(15)22-20(24)14-23(12-17-5-3-9-27-17)13-18-6-4-10-28-18/h3-11H,12-14H2,1-2H3,(H,22,24). The lowest BCUT2D eigenvalue weighted by Gasteiger charge is -2.20. The number of anilines is 1. The summed E-state index contributed by atoms with van der Waals surface area (Å²) >= 11 is 0. The number of methoxy groups -OCH3 is 1. The van der Waals surface area contributed by atoms with Crippen LogP contribution in [0.5, 0.6) is 0 Å². The van der Waals surface area contributed by atoms with Crippen LogP contribution in [0.1, 0.15) is 27.4 Å². The third kappa shape index (κ3) is 5.11. The van der Waals surface area contributed by atoms with Gasteiger partial charge in [-0.25, -0.2) is 4.79 Å². The molecule has 2 heterocycles. The number of amides is 1. The molecule has 1 aromatic carbocycles. The highest BCUT2D eigenvalue weighted by molar-refractivity contribution is 5.96. The summed E-state index contributed by atoms with van der Waals surface area (Å²) < 4.78 is 15.5. The highest BCUT2D eigenvalue weighted by Gasteiger charge is 2.16. The lowest BCUT2D eigenvalue weighted by molar-refractivity contribution is -0.117. The lowest BCUT2D eigenvalue weighted by Crippen LogP contribution is -2.32. The second kappa shape index (κ2) is 9.05. The van der Waals surface area contributed by atoms with Gasteiger partial charge in [0.05, 0.1) is 44.8 Å². The molecule has 0 aliphatic heterocycles. The number of nitrogens with one attached hydrogen (secondary N) is 1. The molecule has 3 aromatic rings. The van der Waals surface area contributed by atoms with E-state index in [1.807, 2.05) is 36.1 Å². The van der Waals surface area contributed by atoms with Crippen LogP contribution < -0.4 is 5.32 Å². The van der Waals surface area contributed by atoms with Gasteiger partial charge in [0.15, 0.2) is 0 Å². The number of hydrogen-bond donors (Lipinski definition) is 1. The highest BCUT2D eigenvalue weighted by Crippen LogP contribution is 2.18. The second-order valence-corrected chi connectivity index (χ2v) is 6.37. The molecule has 0 saturated heterocycles. The van der Waals surface area contributed by atoms with E-state index in [2.05, 4.69) is 5.32 Å². The number of esters is 1. The van der Waals surface area contributed by atoms with Crippen LogP contribution >= 0.6 is 0 Å². The Bertz CT molecular complexity index is 880. The third-order valence-electron chi connectivity index (χ3n) is 4.22. The van der Waals surface area contributed by atoms with Gasteiger partial charge in [0.25, 0.3) is 0 Å². The Morgan fingerprint density at radius 2 is 1.68 bits per heavy atom. The van der Waals surface area contributed by atoms with Crippen LogP contribution in [0.15, 0.2) is 63.8 Å². The van der Waals surface area contributed by atoms with Gasteiger partial charge < -0.3 is 18.9 Å². The molecule has 7 heteroatoms. The van der Waals surface area contributed by atoms with Gasteiger partial charge in [-0.2, -0.15) is 0 Å². The fourth-order valence-corrected chi connectivity index (χ4v) is 2.81. The summed E-state index contributed by atoms with van der Waals surface area (Å²) in [5.41, 5.74) is 1.81. The van der Waals surface area contributed by atoms with Crippen molar-refractivity contribution in [3.8, 4) is 0 Å². The molecule has 0 aliphatic carbocycles. The normalized spacial score (nSPS) is 10.8. The molecular formula is C21H22N2O5. The Morgan fingerprint density at radius 1 is 1.04 bits per heavy atom. The summed E-state index contributed by atoms with van der Waals surface area (Å²) in [6.45, 7) is 2.91. The van der Waals surface area contributed by atoms with E-state index in [0.717, 1.165) is 17.1 Å². The van der Waals surface area contributed by atoms with Gasteiger partial charge in [0, 0.05) is 5.69 Å². The molecule has 0 unspecified atom stereocenters. The molecular weight excluding hydrogens is 360 g/mol. The van der Waals surface area contributed by atoms with Crippen molar-refractivity contribution in [1.29, 1.82) is 0 Å². The summed E-state index contributed by atoms with van der Waals surface area (Å²) in [7, 11) is 1.32. The van der Waals surface area contributed by atoms with E-state index in [1.165, 1.54) is 7.11 Å². The number of rotatable bonds is 8. The monoisotopic (exact) mass is 382 g/mol. The Kier molecular flexibility index (Phi) is 6.29. The fraction of sp³-hybridized carbons (Fsp3) is 0.238. The van der Waals surface area contributed by atoms with Crippen molar-refractivity contribution in [1.82, 2.24) is 4.90 Å². The molecule has 28 heavy (non-hydrogen) atoms. The number of aryl methyl sites for hydroxylation is 1. The topological polar surface area (TPSA) is 84.9 Å². The molecule has 1 amide bonds. The number of furan rings is 2. The Morgan fingerprint density at radius 3 is 2.21 bits per heavy atom. The van der Waals surface area contributed by atoms with Crippen LogP contribution in [-0.4, -0.2) is 30.4 Å². The number of nitrogens with zero attached hydrogens (tertiary/aromatic N) is 1. The number of carbonyl (C=O) groups excluding carboxylic acids is 2. The molecule has 0 atom stereocenters. The van der Waals surface area contributed by atoms with Crippen LogP contribution in [-0.2, 0) is 22.6 Å². The molecule has 0 aliphatic rings. The van der Waals surface area contributed by atoms with E-state index in [4.69, 9.17) is 13.6 Å². The van der Waals surface area contributed by atoms with Crippen molar-refractivity contribution < 1.29 is 23.2 Å². The summed E-state index contributed by atoms with van der Waals surface area (Å²) in [5, 5.41) is 2.87. The highest BCUT2D eigenvalue weighted by atomic mass is 16.5. The van der Waals surface area contributed by atoms with E-state index < -0.39 is 5.97 Å². The van der Waals surface area contributed by atoms with Crippen LogP contribution in [0.3, 0.4) is 0 Å². The minimum atomic E-state index is -0.451. The van der Waals surface area contributed by atoms with Gasteiger partial charge in [0.1, 0.15) is 11.5 Å². The molecule has 0 saturated carbocycles. The predicted octanol–water partition coefficient (Wildman–Crippen LogP) is 3.61. The van der Waals surface area contributed by atoms with E-state index >= 15 is 0 Å². The first kappa shape index (κ1) is 19.4. The zero-order chi connectivity index (χ0) is 19.9. The van der Waals surface area contributed by atoms with Crippen molar-refractivity contribution in [3.63, 3.8) is 0 Å². The largest absolute Gasteiger partial charge is 0.468 e. The summed E-state index contributed by atoms with van der Waals surface area (Å²) in [6, 6.07) is 12.4. The van der Waals surface area contributed by atoms with Crippen molar-refractivity contribution in [2.24, 2.45) is 0 Å². The van der Waals surface area contributed by atoms with Gasteiger partial charge in [-0.3, -0.25) is 9.69 Å². The molecule has 2 aromatic heterocycles. The van der Waals surface area contributed by atoms with Gasteiger partial charge in [-0.05, 0) is 48.9 Å². The average molecular weight is 382 g/mol. The lowest BCUT2D eigenvalue weighted by atomic mass is 10.1. The first-order valence-corrected chi connectivity index (χ1v) is 8.81. The number of ether oxygens (including phenoxy) is 1. The van der Waals surface area contributed by atoms with Crippen molar-refractivity contribution in [3.05, 3.63) is 77.6 Å². The van der Waals surface area contributed by atoms with E-state index in [1.54, 1.807) is 30.7 Å². The van der Waals surface area contributed by atoms with Crippen molar-refractivity contribution in [2.45, 2.75) is 20.0 Å². The Balaban J connectivity index is 1.70. The molecule has 1 N–H and O–H groups in total. The minimum Gasteiger partial charge on any atom is -0.468 e. The molecule has 0 radical (unpaired) electrons. The van der Waals surface area contributed by atoms with Crippen molar-refractivity contribution >= 4 is 17.6 Å². The first-order chi connectivity index (χ1) is 13.5. The molecule has 3 rings (SSSR count). The van der Waals surface area contributed by atoms with Crippen LogP contribution in [0, 0.1) is 6.92 Å². The first-order valence-electron chi connectivity index (χ1n) is 8.81. The smallest absolute Gasteiger partial charge is 0.337 e. The quantitative estimate of drug-likeness (QED) is 0.599. The summed E-state index contributed by atoms with van der Waals surface area (Å²) in [5.74, 6) is 0.849. The second-order valence-electron chi connectivity index (χ2n) is 6.37.